The van der Waals surface area contributed by atoms with Gasteiger partial charge in [0.05, 0.1) is 6.42 Å². The molecule has 0 aliphatic carbocycles. The number of carboxylic acids is 1. The van der Waals surface area contributed by atoms with E-state index >= 15 is 0 Å². The zero-order valence-electron chi connectivity index (χ0n) is 28.3. The highest BCUT2D eigenvalue weighted by atomic mass is 16.4. The summed E-state index contributed by atoms with van der Waals surface area (Å²) in [6, 6.07) is 9.09. The van der Waals surface area contributed by atoms with Crippen LogP contribution in [0, 0.1) is 6.92 Å². The molecule has 2 aromatic carbocycles. The first-order chi connectivity index (χ1) is 24.3. The molecule has 11 N–H and O–H groups in total. The lowest BCUT2D eigenvalue weighted by Gasteiger charge is -2.27. The number of nitrogens with one attached hydrogen (secondary N) is 6. The number of aliphatic imine (C=N–C) groups is 1. The van der Waals surface area contributed by atoms with Crippen molar-refractivity contribution in [3.63, 3.8) is 0 Å². The normalized spacial score (nSPS) is 20.0. The highest BCUT2D eigenvalue weighted by Gasteiger charge is 2.33. The molecule has 1 aliphatic rings. The van der Waals surface area contributed by atoms with Gasteiger partial charge < -0.3 is 43.2 Å². The minimum atomic E-state index is -1.66. The van der Waals surface area contributed by atoms with Crippen molar-refractivity contribution >= 4 is 47.5 Å². The monoisotopic (exact) mass is 707 g/mol. The number of imide groups is 1. The van der Waals surface area contributed by atoms with E-state index in [1.54, 1.807) is 42.5 Å². The molecule has 1 aliphatic heterocycles. The smallest absolute Gasteiger partial charge is 0.322 e. The second-order valence-corrected chi connectivity index (χ2v) is 12.1. The molecule has 0 aromatic heterocycles. The van der Waals surface area contributed by atoms with Crippen LogP contribution < -0.4 is 43.4 Å². The summed E-state index contributed by atoms with van der Waals surface area (Å²) in [6.45, 7) is 2.29. The molecule has 274 valence electrons. The number of aryl methyl sites for hydroxylation is 1. The zero-order valence-corrected chi connectivity index (χ0v) is 28.3. The maximum Gasteiger partial charge on any atom is 0.322 e. The fraction of sp³-hybridized carbons (Fsp3) is 0.412. The van der Waals surface area contributed by atoms with Crippen molar-refractivity contribution in [1.82, 2.24) is 31.9 Å². The molecule has 0 radical (unpaired) electrons. The lowest BCUT2D eigenvalue weighted by Crippen LogP contribution is -2.61. The van der Waals surface area contributed by atoms with Crippen LogP contribution in [-0.4, -0.2) is 89.9 Å². The van der Waals surface area contributed by atoms with Gasteiger partial charge in [-0.15, -0.1) is 0 Å². The predicted octanol–water partition coefficient (Wildman–Crippen LogP) is -0.671. The number of aliphatic carboxylic acids is 1. The van der Waals surface area contributed by atoms with E-state index in [0.29, 0.717) is 24.0 Å². The third-order valence-electron chi connectivity index (χ3n) is 7.88. The molecule has 0 spiro atoms. The minimum Gasteiger partial charge on any atom is -0.481 e. The number of carbonyl (C=O) groups excluding carboxylic acids is 6. The summed E-state index contributed by atoms with van der Waals surface area (Å²) >= 11 is 0. The Kier molecular flexibility index (Phi) is 15.4. The molecule has 51 heavy (non-hydrogen) atoms. The molecule has 2 aromatic rings. The Morgan fingerprint density at radius 3 is 1.98 bits per heavy atom. The highest BCUT2D eigenvalue weighted by Crippen LogP contribution is 2.10. The van der Waals surface area contributed by atoms with E-state index in [1.807, 2.05) is 19.1 Å². The number of nitrogens with zero attached hydrogens (tertiary/aromatic N) is 1. The largest absolute Gasteiger partial charge is 0.481 e. The molecule has 3 rings (SSSR count). The maximum absolute atomic E-state index is 13.8. The average Bonchev–Trinajstić information content (AvgIpc) is 3.08. The Hall–Kier alpha value is -6.00. The number of nitrogens with two attached hydrogens (primary N) is 2. The Balaban J connectivity index is 1.86. The summed E-state index contributed by atoms with van der Waals surface area (Å²) in [4.78, 5) is 94.8. The third kappa shape index (κ3) is 13.8. The third-order valence-corrected chi connectivity index (χ3v) is 7.88. The lowest BCUT2D eigenvalue weighted by molar-refractivity contribution is -0.140. The fourth-order valence-corrected chi connectivity index (χ4v) is 5.18. The quantitative estimate of drug-likeness (QED) is 0.0678. The number of carboxylic acid groups (broad SMARTS) is 1. The van der Waals surface area contributed by atoms with Crippen molar-refractivity contribution in [2.24, 2.45) is 16.5 Å². The van der Waals surface area contributed by atoms with Gasteiger partial charge in [-0.05, 0) is 56.7 Å². The van der Waals surface area contributed by atoms with Crippen molar-refractivity contribution in [1.29, 1.82) is 0 Å². The molecular weight excluding hydrogens is 662 g/mol. The number of urea groups is 1. The van der Waals surface area contributed by atoms with Gasteiger partial charge in [0, 0.05) is 25.1 Å². The van der Waals surface area contributed by atoms with Crippen molar-refractivity contribution in [3.8, 4) is 0 Å². The summed E-state index contributed by atoms with van der Waals surface area (Å²) in [5.41, 5.74) is 12.9. The van der Waals surface area contributed by atoms with Gasteiger partial charge in [-0.1, -0.05) is 48.0 Å². The highest BCUT2D eigenvalue weighted by molar-refractivity contribution is 6.02. The van der Waals surface area contributed by atoms with E-state index in [2.05, 4.69) is 36.9 Å². The Labute approximate surface area is 294 Å². The number of rotatable bonds is 14. The van der Waals surface area contributed by atoms with Crippen LogP contribution in [0.4, 0.5) is 4.79 Å². The minimum absolute atomic E-state index is 0.0248. The number of hydrogen-bond acceptors (Lipinski definition) is 8. The molecule has 0 bridgehead atoms. The van der Waals surface area contributed by atoms with Crippen LogP contribution in [0.25, 0.3) is 0 Å². The number of guanidine groups is 1. The van der Waals surface area contributed by atoms with Crippen molar-refractivity contribution in [3.05, 3.63) is 71.3 Å². The van der Waals surface area contributed by atoms with Gasteiger partial charge in [0.1, 0.15) is 24.2 Å². The number of amides is 7. The molecule has 7 amide bonds. The van der Waals surface area contributed by atoms with E-state index in [1.165, 1.54) is 0 Å². The van der Waals surface area contributed by atoms with Crippen LogP contribution in [0.15, 0.2) is 59.6 Å². The molecule has 17 heteroatoms. The van der Waals surface area contributed by atoms with Crippen molar-refractivity contribution in [2.75, 3.05) is 13.1 Å². The Morgan fingerprint density at radius 1 is 0.745 bits per heavy atom. The number of hydrogen-bond donors (Lipinski definition) is 9. The molecule has 1 saturated heterocycles. The van der Waals surface area contributed by atoms with Crippen LogP contribution in [0.5, 0.6) is 0 Å². The molecule has 1 heterocycles. The topological polar surface area (TPSA) is 276 Å². The SMILES string of the molecule is Cc1ccc(C(=O)NCCCC[C@@H]2NC(=O)[C@@H](Cc3ccccc3)NC(=O)[C@@H](CC(=O)O)NC(=O)NC(=O)[C@H](CCCN=C(N)N)NC2=O)cc1. The molecule has 17 nitrogen and oxygen atoms in total. The summed E-state index contributed by atoms with van der Waals surface area (Å²) in [5.74, 6) is -5.31. The summed E-state index contributed by atoms with van der Waals surface area (Å²) in [5, 5.41) is 24.2. The summed E-state index contributed by atoms with van der Waals surface area (Å²) in [7, 11) is 0. The van der Waals surface area contributed by atoms with E-state index < -0.39 is 66.2 Å². The first-order valence-electron chi connectivity index (χ1n) is 16.5. The first-order valence-corrected chi connectivity index (χ1v) is 16.5. The zero-order chi connectivity index (χ0) is 37.3. The van der Waals surface area contributed by atoms with Gasteiger partial charge in [0.25, 0.3) is 11.8 Å². The number of carbonyl (C=O) groups is 7. The van der Waals surface area contributed by atoms with Gasteiger partial charge in [0.15, 0.2) is 5.96 Å². The van der Waals surface area contributed by atoms with Gasteiger partial charge in [-0.2, -0.15) is 0 Å². The number of benzene rings is 2. The molecule has 4 atom stereocenters. The lowest BCUT2D eigenvalue weighted by atomic mass is 10.0. The molecule has 0 unspecified atom stereocenters. The second-order valence-electron chi connectivity index (χ2n) is 12.1. The van der Waals surface area contributed by atoms with Crippen LogP contribution in [0.1, 0.15) is 60.0 Å². The van der Waals surface area contributed by atoms with Gasteiger partial charge in [0.2, 0.25) is 17.7 Å². The van der Waals surface area contributed by atoms with E-state index in [-0.39, 0.29) is 50.6 Å². The number of unbranched alkanes of at least 4 members (excludes halogenated alkanes) is 1. The van der Waals surface area contributed by atoms with E-state index in [0.717, 1.165) is 5.56 Å². The van der Waals surface area contributed by atoms with Crippen molar-refractivity contribution < 1.29 is 38.7 Å². The second kappa shape index (κ2) is 19.9. The summed E-state index contributed by atoms with van der Waals surface area (Å²) in [6.07, 6.45) is 0.161. The summed E-state index contributed by atoms with van der Waals surface area (Å²) < 4.78 is 0. The Bertz CT molecular complexity index is 1580. The van der Waals surface area contributed by atoms with E-state index in [4.69, 9.17) is 11.5 Å². The van der Waals surface area contributed by atoms with E-state index in [9.17, 15) is 38.7 Å². The van der Waals surface area contributed by atoms with Crippen LogP contribution in [0.3, 0.4) is 0 Å². The van der Waals surface area contributed by atoms with Crippen molar-refractivity contribution in [2.45, 2.75) is 76.0 Å². The first kappa shape index (κ1) is 39.4. The molecular formula is C34H45N9O8. The van der Waals surface area contributed by atoms with Crippen LogP contribution >= 0.6 is 0 Å². The van der Waals surface area contributed by atoms with Crippen LogP contribution in [0.2, 0.25) is 0 Å². The maximum atomic E-state index is 13.8. The fourth-order valence-electron chi connectivity index (χ4n) is 5.18. The van der Waals surface area contributed by atoms with Gasteiger partial charge >= 0.3 is 12.0 Å². The Morgan fingerprint density at radius 2 is 1.33 bits per heavy atom. The van der Waals surface area contributed by atoms with Crippen LogP contribution in [-0.2, 0) is 30.4 Å². The standard InChI is InChI=1S/C34H45N9O8/c1-20-12-14-22(15-13-20)28(46)37-16-6-5-10-23-29(47)39-24(11-7-17-38-33(35)36)30(48)43-34(51)42-26(19-27(44)45)32(50)41-25(31(49)40-23)18-21-8-3-2-4-9-21/h2-4,8-9,12-15,23-26H,5-7,10-11,16-19H2,1H3,(H,37,46)(H,39,47)(H,40,49)(H,41,50)(H,44,45)(H4,35,36,38)(H2,42,43,48,51)/t23-,24-,25+,26+/m0/s1. The van der Waals surface area contributed by atoms with Gasteiger partial charge in [-0.3, -0.25) is 39.1 Å². The molecule has 0 saturated carbocycles. The van der Waals surface area contributed by atoms with Gasteiger partial charge in [-0.25, -0.2) is 4.79 Å². The molecule has 1 fully saturated rings. The average molecular weight is 708 g/mol. The predicted molar refractivity (Wildman–Crippen MR) is 186 cm³/mol.